The normalized spacial score (nSPS) is 18.1. The van der Waals surface area contributed by atoms with Gasteiger partial charge in [0, 0.05) is 25.4 Å². The van der Waals surface area contributed by atoms with Gasteiger partial charge in [-0.3, -0.25) is 0 Å². The first kappa shape index (κ1) is 16.3. The van der Waals surface area contributed by atoms with Crippen molar-refractivity contribution in [1.82, 2.24) is 4.31 Å². The third-order valence-corrected chi connectivity index (χ3v) is 6.58. The molecule has 1 saturated heterocycles. The minimum Gasteiger partial charge on any atom is -0.398 e. The van der Waals surface area contributed by atoms with Gasteiger partial charge in [0.2, 0.25) is 10.0 Å². The number of aliphatic hydroxyl groups is 1. The van der Waals surface area contributed by atoms with E-state index in [1.165, 1.54) is 4.31 Å². The number of nitrogen functional groups attached to an aromatic ring is 1. The molecule has 0 atom stereocenters. The van der Waals surface area contributed by atoms with E-state index in [4.69, 9.17) is 10.8 Å². The van der Waals surface area contributed by atoms with Crippen molar-refractivity contribution < 1.29 is 13.5 Å². The molecule has 0 unspecified atom stereocenters. The van der Waals surface area contributed by atoms with Crippen LogP contribution in [0.3, 0.4) is 0 Å². The van der Waals surface area contributed by atoms with Crippen LogP contribution in [0.2, 0.25) is 0 Å². The van der Waals surface area contributed by atoms with Crippen LogP contribution in [0, 0.1) is 26.7 Å². The summed E-state index contributed by atoms with van der Waals surface area (Å²) in [5.74, 6) is 0.210. The fourth-order valence-corrected chi connectivity index (χ4v) is 4.95. The zero-order chi connectivity index (χ0) is 15.8. The van der Waals surface area contributed by atoms with Gasteiger partial charge in [0.25, 0.3) is 0 Å². The smallest absolute Gasteiger partial charge is 0.243 e. The molecule has 1 fully saturated rings. The van der Waals surface area contributed by atoms with E-state index in [0.717, 1.165) is 11.1 Å². The summed E-state index contributed by atoms with van der Waals surface area (Å²) in [6, 6.07) is 1.83. The molecule has 0 amide bonds. The number of sulfonamides is 1. The Labute approximate surface area is 126 Å². The first-order chi connectivity index (χ1) is 9.78. The van der Waals surface area contributed by atoms with Crippen LogP contribution in [0.1, 0.15) is 29.5 Å². The number of hydrogen-bond acceptors (Lipinski definition) is 4. The van der Waals surface area contributed by atoms with Gasteiger partial charge in [-0.15, -0.1) is 0 Å². The van der Waals surface area contributed by atoms with Crippen molar-refractivity contribution in [3.8, 4) is 0 Å². The number of nitrogens with zero attached hydrogens (tertiary/aromatic N) is 1. The van der Waals surface area contributed by atoms with Crippen molar-refractivity contribution in [3.05, 3.63) is 22.8 Å². The van der Waals surface area contributed by atoms with Crippen molar-refractivity contribution in [2.24, 2.45) is 5.92 Å². The summed E-state index contributed by atoms with van der Waals surface area (Å²) >= 11 is 0. The van der Waals surface area contributed by atoms with Gasteiger partial charge >= 0.3 is 0 Å². The molecular formula is C15H24N2O3S. The number of nitrogens with two attached hydrogens (primary N) is 1. The first-order valence-corrected chi connectivity index (χ1v) is 8.70. The Morgan fingerprint density at radius 3 is 2.33 bits per heavy atom. The molecule has 1 aliphatic heterocycles. The molecule has 1 aliphatic rings. The predicted octanol–water partition coefficient (Wildman–Crippen LogP) is 1.59. The quantitative estimate of drug-likeness (QED) is 0.830. The van der Waals surface area contributed by atoms with Crippen molar-refractivity contribution in [1.29, 1.82) is 0 Å². The lowest BCUT2D eigenvalue weighted by Gasteiger charge is -2.31. The standard InChI is InChI=1S/C15H24N2O3S/c1-10-8-11(2)15(12(3)14(10)16)21(19,20)17-6-4-13(9-18)5-7-17/h8,13,18H,4-7,9,16H2,1-3H3. The van der Waals surface area contributed by atoms with Gasteiger partial charge in [-0.1, -0.05) is 6.07 Å². The molecule has 0 radical (unpaired) electrons. The highest BCUT2D eigenvalue weighted by Crippen LogP contribution is 2.32. The number of hydrogen-bond donors (Lipinski definition) is 2. The average Bonchev–Trinajstić information content (AvgIpc) is 2.44. The Bertz CT molecular complexity index is 633. The summed E-state index contributed by atoms with van der Waals surface area (Å²) in [6.45, 7) is 6.51. The van der Waals surface area contributed by atoms with E-state index in [2.05, 4.69) is 0 Å². The summed E-state index contributed by atoms with van der Waals surface area (Å²) in [4.78, 5) is 0.341. The molecular weight excluding hydrogens is 288 g/mol. The SMILES string of the molecule is Cc1cc(C)c(S(=O)(=O)N2CCC(CO)CC2)c(C)c1N. The van der Waals surface area contributed by atoms with Crippen molar-refractivity contribution >= 4 is 15.7 Å². The lowest BCUT2D eigenvalue weighted by Crippen LogP contribution is -2.39. The van der Waals surface area contributed by atoms with E-state index in [9.17, 15) is 8.42 Å². The second kappa shape index (κ2) is 5.94. The number of aryl methyl sites for hydroxylation is 2. The maximum atomic E-state index is 12.9. The topological polar surface area (TPSA) is 83.6 Å². The largest absolute Gasteiger partial charge is 0.398 e. The molecule has 0 aromatic heterocycles. The number of aliphatic hydroxyl groups excluding tert-OH is 1. The summed E-state index contributed by atoms with van der Waals surface area (Å²) < 4.78 is 27.3. The van der Waals surface area contributed by atoms with Crippen LogP contribution < -0.4 is 5.73 Å². The molecule has 6 heteroatoms. The van der Waals surface area contributed by atoms with Gasteiger partial charge in [-0.05, 0) is 56.2 Å². The average molecular weight is 312 g/mol. The van der Waals surface area contributed by atoms with E-state index in [-0.39, 0.29) is 12.5 Å². The van der Waals surface area contributed by atoms with E-state index in [1.807, 2.05) is 19.9 Å². The van der Waals surface area contributed by atoms with Crippen LogP contribution in [-0.2, 0) is 10.0 Å². The van der Waals surface area contributed by atoms with Crippen molar-refractivity contribution in [2.45, 2.75) is 38.5 Å². The second-order valence-corrected chi connectivity index (χ2v) is 7.78. The summed E-state index contributed by atoms with van der Waals surface area (Å²) in [7, 11) is -3.52. The van der Waals surface area contributed by atoms with E-state index >= 15 is 0 Å². The fourth-order valence-electron chi connectivity index (χ4n) is 3.04. The van der Waals surface area contributed by atoms with Gasteiger partial charge in [-0.25, -0.2) is 8.42 Å². The molecule has 0 aliphatic carbocycles. The first-order valence-electron chi connectivity index (χ1n) is 7.26. The predicted molar refractivity (Wildman–Crippen MR) is 83.6 cm³/mol. The molecule has 1 heterocycles. The van der Waals surface area contributed by atoms with E-state index < -0.39 is 10.0 Å². The molecule has 1 aromatic rings. The summed E-state index contributed by atoms with van der Waals surface area (Å²) in [6.07, 6.45) is 1.41. The third-order valence-electron chi connectivity index (χ3n) is 4.39. The molecule has 118 valence electrons. The number of anilines is 1. The van der Waals surface area contributed by atoms with Crippen LogP contribution in [-0.4, -0.2) is 37.5 Å². The molecule has 21 heavy (non-hydrogen) atoms. The number of piperidine rings is 1. The van der Waals surface area contributed by atoms with Gasteiger partial charge in [0.1, 0.15) is 0 Å². The Balaban J connectivity index is 2.40. The molecule has 1 aromatic carbocycles. The van der Waals surface area contributed by atoms with Crippen LogP contribution in [0.4, 0.5) is 5.69 Å². The maximum Gasteiger partial charge on any atom is 0.243 e. The lowest BCUT2D eigenvalue weighted by atomic mass is 10.00. The van der Waals surface area contributed by atoms with Gasteiger partial charge in [-0.2, -0.15) is 4.31 Å². The molecule has 0 saturated carbocycles. The number of rotatable bonds is 3. The van der Waals surface area contributed by atoms with Gasteiger partial charge in [0.15, 0.2) is 0 Å². The molecule has 2 rings (SSSR count). The number of benzene rings is 1. The molecule has 5 nitrogen and oxygen atoms in total. The fraction of sp³-hybridized carbons (Fsp3) is 0.600. The van der Waals surface area contributed by atoms with E-state index in [0.29, 0.717) is 42.1 Å². The van der Waals surface area contributed by atoms with Crippen LogP contribution >= 0.6 is 0 Å². The van der Waals surface area contributed by atoms with Crippen molar-refractivity contribution in [3.63, 3.8) is 0 Å². The van der Waals surface area contributed by atoms with Crippen LogP contribution in [0.25, 0.3) is 0 Å². The highest BCUT2D eigenvalue weighted by Gasteiger charge is 2.32. The van der Waals surface area contributed by atoms with E-state index in [1.54, 1.807) is 6.92 Å². The van der Waals surface area contributed by atoms with Crippen LogP contribution in [0.15, 0.2) is 11.0 Å². The minimum atomic E-state index is -3.52. The molecule has 0 bridgehead atoms. The minimum absolute atomic E-state index is 0.128. The third kappa shape index (κ3) is 2.93. The Hall–Kier alpha value is -1.11. The monoisotopic (exact) mass is 312 g/mol. The zero-order valence-electron chi connectivity index (χ0n) is 12.9. The highest BCUT2D eigenvalue weighted by molar-refractivity contribution is 7.89. The zero-order valence-corrected chi connectivity index (χ0v) is 13.7. The molecule has 3 N–H and O–H groups in total. The highest BCUT2D eigenvalue weighted by atomic mass is 32.2. The van der Waals surface area contributed by atoms with Gasteiger partial charge in [0.05, 0.1) is 4.90 Å². The summed E-state index contributed by atoms with van der Waals surface area (Å²) in [5, 5.41) is 9.17. The van der Waals surface area contributed by atoms with Crippen molar-refractivity contribution in [2.75, 3.05) is 25.4 Å². The Morgan fingerprint density at radius 2 is 1.81 bits per heavy atom. The lowest BCUT2D eigenvalue weighted by molar-refractivity contribution is 0.170. The van der Waals surface area contributed by atoms with Gasteiger partial charge < -0.3 is 10.8 Å². The molecule has 0 spiro atoms. The Morgan fingerprint density at radius 1 is 1.24 bits per heavy atom. The maximum absolute atomic E-state index is 12.9. The van der Waals surface area contributed by atoms with Crippen LogP contribution in [0.5, 0.6) is 0 Å². The Kier molecular flexibility index (Phi) is 4.60. The second-order valence-electron chi connectivity index (χ2n) is 5.91. The summed E-state index contributed by atoms with van der Waals surface area (Å²) in [5.41, 5.74) is 8.83.